The standard InChI is InChI=1S/C18H21N3O3/c1-11-12(2)17(23)15(13(3)16(11)22)7-9-20-18(24)21-10-14-6-4-5-8-19-14/h4-6,8H,7,9-10H2,1-3H3,(H2,20,21,24). The predicted molar refractivity (Wildman–Crippen MR) is 90.2 cm³/mol. The summed E-state index contributed by atoms with van der Waals surface area (Å²) in [6, 6.07) is 5.14. The van der Waals surface area contributed by atoms with E-state index in [4.69, 9.17) is 0 Å². The van der Waals surface area contributed by atoms with Gasteiger partial charge in [0, 0.05) is 35.0 Å². The molecule has 1 heterocycles. The van der Waals surface area contributed by atoms with E-state index in [0.717, 1.165) is 5.69 Å². The number of nitrogens with one attached hydrogen (secondary N) is 2. The highest BCUT2D eigenvalue weighted by Crippen LogP contribution is 2.25. The Kier molecular flexibility index (Phi) is 5.63. The third-order valence-electron chi connectivity index (χ3n) is 4.13. The number of allylic oxidation sites excluding steroid dienone is 3. The van der Waals surface area contributed by atoms with Gasteiger partial charge in [0.2, 0.25) is 0 Å². The van der Waals surface area contributed by atoms with Gasteiger partial charge in [0.25, 0.3) is 0 Å². The van der Waals surface area contributed by atoms with Crippen molar-refractivity contribution < 1.29 is 14.4 Å². The van der Waals surface area contributed by atoms with Crippen molar-refractivity contribution in [2.45, 2.75) is 33.7 Å². The first-order valence-corrected chi connectivity index (χ1v) is 7.80. The Morgan fingerprint density at radius 3 is 2.38 bits per heavy atom. The van der Waals surface area contributed by atoms with Crippen LogP contribution in [0.5, 0.6) is 0 Å². The Labute approximate surface area is 141 Å². The van der Waals surface area contributed by atoms with Crippen LogP contribution in [-0.2, 0) is 16.1 Å². The normalized spacial score (nSPS) is 15.0. The molecule has 1 aliphatic carbocycles. The zero-order valence-electron chi connectivity index (χ0n) is 14.1. The summed E-state index contributed by atoms with van der Waals surface area (Å²) in [5.41, 5.74) is 2.70. The summed E-state index contributed by atoms with van der Waals surface area (Å²) in [7, 11) is 0. The number of urea groups is 1. The molecule has 0 aromatic carbocycles. The van der Waals surface area contributed by atoms with Gasteiger partial charge in [-0.15, -0.1) is 0 Å². The molecule has 0 saturated carbocycles. The third-order valence-corrected chi connectivity index (χ3v) is 4.13. The number of aromatic nitrogens is 1. The maximum atomic E-state index is 12.3. The summed E-state index contributed by atoms with van der Waals surface area (Å²) < 4.78 is 0. The van der Waals surface area contributed by atoms with Crippen LogP contribution in [0.3, 0.4) is 0 Å². The molecule has 24 heavy (non-hydrogen) atoms. The van der Waals surface area contributed by atoms with Gasteiger partial charge in [0.1, 0.15) is 0 Å². The van der Waals surface area contributed by atoms with E-state index in [-0.39, 0.29) is 24.1 Å². The van der Waals surface area contributed by atoms with Gasteiger partial charge in [-0.25, -0.2) is 4.79 Å². The molecule has 0 radical (unpaired) electrons. The second kappa shape index (κ2) is 7.68. The number of carbonyl (C=O) groups is 3. The highest BCUT2D eigenvalue weighted by Gasteiger charge is 2.27. The highest BCUT2D eigenvalue weighted by molar-refractivity contribution is 6.24. The molecular weight excluding hydrogens is 306 g/mol. The molecule has 2 amide bonds. The number of carbonyl (C=O) groups excluding carboxylic acids is 3. The second-order valence-electron chi connectivity index (χ2n) is 5.69. The van der Waals surface area contributed by atoms with E-state index in [0.29, 0.717) is 35.3 Å². The Bertz CT molecular complexity index is 733. The monoisotopic (exact) mass is 327 g/mol. The molecule has 0 atom stereocenters. The lowest BCUT2D eigenvalue weighted by Crippen LogP contribution is -2.36. The lowest BCUT2D eigenvalue weighted by Gasteiger charge is -2.18. The van der Waals surface area contributed by atoms with Gasteiger partial charge in [-0.2, -0.15) is 0 Å². The van der Waals surface area contributed by atoms with Gasteiger partial charge < -0.3 is 10.6 Å². The molecule has 126 valence electrons. The number of pyridine rings is 1. The Hall–Kier alpha value is -2.76. The average molecular weight is 327 g/mol. The molecule has 0 spiro atoms. The van der Waals surface area contributed by atoms with Crippen LogP contribution in [0.1, 0.15) is 32.9 Å². The minimum Gasteiger partial charge on any atom is -0.338 e. The number of Topliss-reactive ketones (excluding diaryl/α,β-unsaturated/α-hetero) is 2. The van der Waals surface area contributed by atoms with Crippen molar-refractivity contribution in [2.24, 2.45) is 0 Å². The van der Waals surface area contributed by atoms with Crippen LogP contribution in [0.4, 0.5) is 4.79 Å². The SMILES string of the molecule is CC1=C(C)C(=O)C(CCNC(=O)NCc2ccccn2)=C(C)C1=O. The van der Waals surface area contributed by atoms with Crippen molar-refractivity contribution in [3.05, 3.63) is 52.4 Å². The van der Waals surface area contributed by atoms with Crippen LogP contribution in [-0.4, -0.2) is 29.1 Å². The molecule has 2 N–H and O–H groups in total. The molecule has 1 aromatic rings. The quantitative estimate of drug-likeness (QED) is 0.811. The van der Waals surface area contributed by atoms with Crippen molar-refractivity contribution in [3.8, 4) is 0 Å². The molecular formula is C18H21N3O3. The average Bonchev–Trinajstić information content (AvgIpc) is 2.60. The first kappa shape index (κ1) is 17.6. The second-order valence-corrected chi connectivity index (χ2v) is 5.69. The maximum Gasteiger partial charge on any atom is 0.315 e. The highest BCUT2D eigenvalue weighted by atomic mass is 16.2. The summed E-state index contributed by atoms with van der Waals surface area (Å²) in [4.78, 5) is 40.2. The van der Waals surface area contributed by atoms with Gasteiger partial charge in [-0.3, -0.25) is 14.6 Å². The van der Waals surface area contributed by atoms with Crippen LogP contribution < -0.4 is 10.6 Å². The minimum absolute atomic E-state index is 0.0956. The van der Waals surface area contributed by atoms with Crippen LogP contribution in [0.25, 0.3) is 0 Å². The molecule has 0 saturated heterocycles. The van der Waals surface area contributed by atoms with E-state index < -0.39 is 0 Å². The Balaban J connectivity index is 1.84. The fourth-order valence-electron chi connectivity index (χ4n) is 2.49. The van der Waals surface area contributed by atoms with Gasteiger partial charge in [-0.05, 0) is 39.3 Å². The first-order valence-electron chi connectivity index (χ1n) is 7.80. The Morgan fingerprint density at radius 2 is 1.71 bits per heavy atom. The number of rotatable bonds is 5. The van der Waals surface area contributed by atoms with E-state index in [2.05, 4.69) is 15.6 Å². The maximum absolute atomic E-state index is 12.3. The van der Waals surface area contributed by atoms with Gasteiger partial charge >= 0.3 is 6.03 Å². The van der Waals surface area contributed by atoms with Crippen molar-refractivity contribution in [3.63, 3.8) is 0 Å². The zero-order chi connectivity index (χ0) is 17.7. The molecule has 2 rings (SSSR count). The molecule has 0 unspecified atom stereocenters. The summed E-state index contributed by atoms with van der Waals surface area (Å²) in [5.74, 6) is -0.206. The lowest BCUT2D eigenvalue weighted by atomic mass is 9.84. The first-order chi connectivity index (χ1) is 11.4. The molecule has 0 aliphatic heterocycles. The summed E-state index contributed by atoms with van der Waals surface area (Å²) in [6.45, 7) is 5.60. The molecule has 1 aromatic heterocycles. The van der Waals surface area contributed by atoms with E-state index in [1.54, 1.807) is 33.0 Å². The van der Waals surface area contributed by atoms with Gasteiger partial charge in [-0.1, -0.05) is 6.07 Å². The minimum atomic E-state index is -0.336. The summed E-state index contributed by atoms with van der Waals surface area (Å²) in [5, 5.41) is 5.38. The largest absolute Gasteiger partial charge is 0.338 e. The van der Waals surface area contributed by atoms with E-state index >= 15 is 0 Å². The van der Waals surface area contributed by atoms with Crippen LogP contribution in [0.15, 0.2) is 46.7 Å². The van der Waals surface area contributed by atoms with Crippen molar-refractivity contribution in [2.75, 3.05) is 6.54 Å². The van der Waals surface area contributed by atoms with Crippen LogP contribution >= 0.6 is 0 Å². The molecule has 6 heteroatoms. The van der Waals surface area contributed by atoms with Gasteiger partial charge in [0.15, 0.2) is 11.6 Å². The topological polar surface area (TPSA) is 88.2 Å². The number of hydrogen-bond acceptors (Lipinski definition) is 4. The van der Waals surface area contributed by atoms with Crippen LogP contribution in [0, 0.1) is 0 Å². The predicted octanol–water partition coefficient (Wildman–Crippen LogP) is 2.08. The number of amides is 2. The number of nitrogens with zero attached hydrogens (tertiary/aromatic N) is 1. The van der Waals surface area contributed by atoms with Crippen LogP contribution in [0.2, 0.25) is 0 Å². The van der Waals surface area contributed by atoms with Crippen molar-refractivity contribution >= 4 is 17.6 Å². The molecule has 0 fully saturated rings. The number of ketones is 2. The number of hydrogen-bond donors (Lipinski definition) is 2. The lowest BCUT2D eigenvalue weighted by molar-refractivity contribution is -0.116. The fourth-order valence-corrected chi connectivity index (χ4v) is 2.49. The molecule has 1 aliphatic rings. The van der Waals surface area contributed by atoms with Gasteiger partial charge in [0.05, 0.1) is 12.2 Å². The Morgan fingerprint density at radius 1 is 1.00 bits per heavy atom. The van der Waals surface area contributed by atoms with E-state index in [1.807, 2.05) is 12.1 Å². The van der Waals surface area contributed by atoms with Crippen molar-refractivity contribution in [1.29, 1.82) is 0 Å². The smallest absolute Gasteiger partial charge is 0.315 e. The molecule has 6 nitrogen and oxygen atoms in total. The van der Waals surface area contributed by atoms with Crippen molar-refractivity contribution in [1.82, 2.24) is 15.6 Å². The van der Waals surface area contributed by atoms with E-state index in [1.165, 1.54) is 0 Å². The summed E-state index contributed by atoms with van der Waals surface area (Å²) >= 11 is 0. The molecule has 0 bridgehead atoms. The fraction of sp³-hybridized carbons (Fsp3) is 0.333. The summed E-state index contributed by atoms with van der Waals surface area (Å²) in [6.07, 6.45) is 1.99. The third kappa shape index (κ3) is 3.95. The van der Waals surface area contributed by atoms with E-state index in [9.17, 15) is 14.4 Å². The zero-order valence-corrected chi connectivity index (χ0v) is 14.1.